The van der Waals surface area contributed by atoms with E-state index < -0.39 is 10.8 Å². The Morgan fingerprint density at radius 3 is 2.67 bits per heavy atom. The zero-order chi connectivity index (χ0) is 15.6. The van der Waals surface area contributed by atoms with Crippen LogP contribution in [0.1, 0.15) is 15.9 Å². The predicted octanol–water partition coefficient (Wildman–Crippen LogP) is 3.62. The fourth-order valence-corrected chi connectivity index (χ4v) is 2.21. The highest BCUT2D eigenvalue weighted by molar-refractivity contribution is 9.10. The zero-order valence-electron chi connectivity index (χ0n) is 11.0. The van der Waals surface area contributed by atoms with Crippen LogP contribution in [0.25, 0.3) is 0 Å². The van der Waals surface area contributed by atoms with E-state index >= 15 is 0 Å². The van der Waals surface area contributed by atoms with E-state index in [2.05, 4.69) is 21.2 Å². The first kappa shape index (κ1) is 15.0. The maximum Gasteiger partial charge on any atom is 0.296 e. The third kappa shape index (κ3) is 3.38. The number of nitrogens with one attached hydrogen (secondary N) is 1. The fourth-order valence-electron chi connectivity index (χ4n) is 1.78. The van der Waals surface area contributed by atoms with E-state index in [1.165, 1.54) is 12.1 Å². The second kappa shape index (κ2) is 5.92. The van der Waals surface area contributed by atoms with Crippen molar-refractivity contribution in [2.45, 2.75) is 6.92 Å². The molecular formula is C14H11BrN2O4. The summed E-state index contributed by atoms with van der Waals surface area (Å²) in [6.07, 6.45) is 0. The molecule has 1 amide bonds. The smallest absolute Gasteiger partial charge is 0.296 e. The third-order valence-electron chi connectivity index (χ3n) is 2.79. The molecule has 0 spiro atoms. The Bertz CT molecular complexity index is 731. The van der Waals surface area contributed by atoms with Crippen molar-refractivity contribution in [3.05, 3.63) is 62.1 Å². The van der Waals surface area contributed by atoms with Gasteiger partial charge in [-0.15, -0.1) is 0 Å². The average Bonchev–Trinajstić information content (AvgIpc) is 2.43. The normalized spacial score (nSPS) is 10.2. The molecule has 2 aromatic carbocycles. The van der Waals surface area contributed by atoms with Crippen LogP contribution in [0.4, 0.5) is 11.4 Å². The summed E-state index contributed by atoms with van der Waals surface area (Å²) < 4.78 is 0.590. The minimum Gasteiger partial charge on any atom is -0.508 e. The SMILES string of the molecule is Cc1ccc(Br)c(C(=O)Nc2ccc(O)cc2[N+](=O)[O-])c1. The lowest BCUT2D eigenvalue weighted by Gasteiger charge is -2.08. The van der Waals surface area contributed by atoms with Gasteiger partial charge in [0.1, 0.15) is 11.4 Å². The summed E-state index contributed by atoms with van der Waals surface area (Å²) in [5.41, 5.74) is 0.921. The Kier molecular flexibility index (Phi) is 4.23. The zero-order valence-corrected chi connectivity index (χ0v) is 12.5. The van der Waals surface area contributed by atoms with Crippen LogP contribution in [-0.4, -0.2) is 15.9 Å². The number of aromatic hydroxyl groups is 1. The van der Waals surface area contributed by atoms with E-state index in [1.54, 1.807) is 12.1 Å². The third-order valence-corrected chi connectivity index (χ3v) is 3.48. The van der Waals surface area contributed by atoms with Gasteiger partial charge in [-0.1, -0.05) is 11.6 Å². The molecule has 21 heavy (non-hydrogen) atoms. The molecule has 0 heterocycles. The predicted molar refractivity (Wildman–Crippen MR) is 81.6 cm³/mol. The number of carbonyl (C=O) groups is 1. The lowest BCUT2D eigenvalue weighted by atomic mass is 10.1. The van der Waals surface area contributed by atoms with Gasteiger partial charge in [0.05, 0.1) is 16.6 Å². The van der Waals surface area contributed by atoms with Crippen LogP contribution < -0.4 is 5.32 Å². The Morgan fingerprint density at radius 1 is 1.29 bits per heavy atom. The first-order valence-corrected chi connectivity index (χ1v) is 6.72. The Labute approximate surface area is 128 Å². The molecule has 0 fully saturated rings. The highest BCUT2D eigenvalue weighted by atomic mass is 79.9. The maximum absolute atomic E-state index is 12.2. The van der Waals surface area contributed by atoms with Gasteiger partial charge in [-0.05, 0) is 47.1 Å². The van der Waals surface area contributed by atoms with Crippen molar-refractivity contribution in [2.24, 2.45) is 0 Å². The van der Waals surface area contributed by atoms with Crippen molar-refractivity contribution in [3.63, 3.8) is 0 Å². The monoisotopic (exact) mass is 350 g/mol. The standard InChI is InChI=1S/C14H11BrN2O4/c1-8-2-4-11(15)10(6-8)14(19)16-12-5-3-9(18)7-13(12)17(20)21/h2-7,18H,1H3,(H,16,19). The van der Waals surface area contributed by atoms with E-state index in [9.17, 15) is 20.0 Å². The van der Waals surface area contributed by atoms with Crippen molar-refractivity contribution in [3.8, 4) is 5.75 Å². The molecule has 2 aromatic rings. The summed E-state index contributed by atoms with van der Waals surface area (Å²) in [6.45, 7) is 1.84. The molecule has 2 N–H and O–H groups in total. The van der Waals surface area contributed by atoms with E-state index in [0.29, 0.717) is 10.0 Å². The van der Waals surface area contributed by atoms with Gasteiger partial charge >= 0.3 is 0 Å². The minimum absolute atomic E-state index is 0.0243. The summed E-state index contributed by atoms with van der Waals surface area (Å²) in [5.74, 6) is -0.712. The molecule has 7 heteroatoms. The summed E-state index contributed by atoms with van der Waals surface area (Å²) in [5, 5.41) is 22.7. The number of aryl methyl sites for hydroxylation is 1. The summed E-state index contributed by atoms with van der Waals surface area (Å²) in [4.78, 5) is 22.5. The number of phenols is 1. The number of nitro groups is 1. The minimum atomic E-state index is -0.666. The van der Waals surface area contributed by atoms with E-state index in [-0.39, 0.29) is 17.1 Å². The van der Waals surface area contributed by atoms with E-state index in [1.807, 2.05) is 13.0 Å². The molecule has 0 aliphatic heterocycles. The van der Waals surface area contributed by atoms with Gasteiger partial charge < -0.3 is 10.4 Å². The van der Waals surface area contributed by atoms with Crippen LogP contribution in [0.3, 0.4) is 0 Å². The first-order chi connectivity index (χ1) is 9.88. The van der Waals surface area contributed by atoms with Crippen LogP contribution in [0.15, 0.2) is 40.9 Å². The largest absolute Gasteiger partial charge is 0.508 e. The molecule has 0 saturated heterocycles. The van der Waals surface area contributed by atoms with Crippen molar-refractivity contribution < 1.29 is 14.8 Å². The molecule has 0 saturated carbocycles. The van der Waals surface area contributed by atoms with Gasteiger partial charge in [0.15, 0.2) is 0 Å². The molecule has 2 rings (SSSR count). The Hall–Kier alpha value is -2.41. The molecule has 0 radical (unpaired) electrons. The quantitative estimate of drug-likeness (QED) is 0.502. The molecule has 0 unspecified atom stereocenters. The Balaban J connectivity index is 2.36. The first-order valence-electron chi connectivity index (χ1n) is 5.93. The molecular weight excluding hydrogens is 340 g/mol. The number of anilines is 1. The van der Waals surface area contributed by atoms with Crippen LogP contribution >= 0.6 is 15.9 Å². The van der Waals surface area contributed by atoms with Crippen LogP contribution in [-0.2, 0) is 0 Å². The van der Waals surface area contributed by atoms with Crippen LogP contribution in [0, 0.1) is 17.0 Å². The van der Waals surface area contributed by atoms with Crippen molar-refractivity contribution in [1.82, 2.24) is 0 Å². The molecule has 0 aliphatic rings. The van der Waals surface area contributed by atoms with Gasteiger partial charge in [-0.25, -0.2) is 0 Å². The second-order valence-electron chi connectivity index (χ2n) is 4.40. The molecule has 108 valence electrons. The lowest BCUT2D eigenvalue weighted by molar-refractivity contribution is -0.384. The molecule has 0 atom stereocenters. The number of carbonyl (C=O) groups excluding carboxylic acids is 1. The Morgan fingerprint density at radius 2 is 2.00 bits per heavy atom. The number of hydrogen-bond donors (Lipinski definition) is 2. The molecule has 0 aromatic heterocycles. The number of benzene rings is 2. The topological polar surface area (TPSA) is 92.5 Å². The van der Waals surface area contributed by atoms with E-state index in [0.717, 1.165) is 11.6 Å². The highest BCUT2D eigenvalue weighted by Gasteiger charge is 2.18. The number of halogens is 1. The van der Waals surface area contributed by atoms with Gasteiger partial charge in [0, 0.05) is 4.47 Å². The number of nitro benzene ring substituents is 1. The number of rotatable bonds is 3. The summed E-state index contributed by atoms with van der Waals surface area (Å²) in [7, 11) is 0. The maximum atomic E-state index is 12.2. The second-order valence-corrected chi connectivity index (χ2v) is 5.25. The van der Waals surface area contributed by atoms with Gasteiger partial charge in [0.2, 0.25) is 0 Å². The van der Waals surface area contributed by atoms with Crippen LogP contribution in [0.5, 0.6) is 5.75 Å². The number of phenolic OH excluding ortho intramolecular Hbond substituents is 1. The lowest BCUT2D eigenvalue weighted by Crippen LogP contribution is -2.14. The van der Waals surface area contributed by atoms with Gasteiger partial charge in [-0.3, -0.25) is 14.9 Å². The van der Waals surface area contributed by atoms with Crippen molar-refractivity contribution in [1.29, 1.82) is 0 Å². The summed E-state index contributed by atoms with van der Waals surface area (Å²) in [6, 6.07) is 8.79. The fraction of sp³-hybridized carbons (Fsp3) is 0.0714. The van der Waals surface area contributed by atoms with Gasteiger partial charge in [0.25, 0.3) is 11.6 Å². The average molecular weight is 351 g/mol. The van der Waals surface area contributed by atoms with Crippen LogP contribution in [0.2, 0.25) is 0 Å². The van der Waals surface area contributed by atoms with Crippen molar-refractivity contribution >= 4 is 33.2 Å². The van der Waals surface area contributed by atoms with E-state index in [4.69, 9.17) is 0 Å². The highest BCUT2D eigenvalue weighted by Crippen LogP contribution is 2.29. The molecule has 0 aliphatic carbocycles. The molecule has 0 bridgehead atoms. The summed E-state index contributed by atoms with van der Waals surface area (Å²) >= 11 is 3.27. The number of nitrogens with zero attached hydrogens (tertiary/aromatic N) is 1. The molecule has 6 nitrogen and oxygen atoms in total. The number of hydrogen-bond acceptors (Lipinski definition) is 4. The van der Waals surface area contributed by atoms with Crippen molar-refractivity contribution in [2.75, 3.05) is 5.32 Å². The number of amides is 1. The van der Waals surface area contributed by atoms with Gasteiger partial charge in [-0.2, -0.15) is 0 Å².